The highest BCUT2D eigenvalue weighted by Crippen LogP contribution is 2.54. The fourth-order valence-electron chi connectivity index (χ4n) is 7.32. The van der Waals surface area contributed by atoms with E-state index in [0.717, 1.165) is 24.3 Å². The molecule has 0 radical (unpaired) electrons. The zero-order valence-electron chi connectivity index (χ0n) is 30.2. The van der Waals surface area contributed by atoms with E-state index in [-0.39, 0.29) is 92.1 Å². The molecule has 0 atom stereocenters. The molecule has 0 saturated heterocycles. The number of carbonyl (C=O) groups excluding carboxylic acids is 2. The Morgan fingerprint density at radius 3 is 0.887 bits per heavy atom. The number of hydrogen-bond donors (Lipinski definition) is 0. The summed E-state index contributed by atoms with van der Waals surface area (Å²) in [6.45, 7) is 0. The van der Waals surface area contributed by atoms with Crippen molar-refractivity contribution in [1.29, 1.82) is 21.0 Å². The molecule has 306 valence electrons. The van der Waals surface area contributed by atoms with Gasteiger partial charge in [-0.3, -0.25) is 9.59 Å². The predicted molar refractivity (Wildman–Crippen MR) is 192 cm³/mol. The van der Waals surface area contributed by atoms with Gasteiger partial charge in [-0.1, -0.05) is 24.3 Å². The molecule has 0 aromatic heterocycles. The van der Waals surface area contributed by atoms with Crippen LogP contribution in [0.25, 0.3) is 33.4 Å². The molecule has 18 heteroatoms. The van der Waals surface area contributed by atoms with Crippen LogP contribution in [0.4, 0.5) is 52.7 Å². The summed E-state index contributed by atoms with van der Waals surface area (Å²) in [4.78, 5) is 27.2. The molecule has 62 heavy (non-hydrogen) atoms. The minimum Gasteiger partial charge on any atom is -0.289 e. The Labute approximate surface area is 339 Å². The first-order valence-corrected chi connectivity index (χ1v) is 17.2. The largest absolute Gasteiger partial charge is 0.416 e. The van der Waals surface area contributed by atoms with E-state index in [1.54, 1.807) is 24.3 Å². The molecule has 2 aliphatic carbocycles. The number of ketones is 2. The number of fused-ring (bicyclic) bond motifs is 6. The van der Waals surface area contributed by atoms with E-state index in [1.165, 1.54) is 24.3 Å². The molecule has 5 aromatic carbocycles. The normalized spacial score (nSPS) is 12.8. The lowest BCUT2D eigenvalue weighted by Gasteiger charge is -2.14. The quantitative estimate of drug-likeness (QED) is 0.0984. The third-order valence-corrected chi connectivity index (χ3v) is 10.0. The summed E-state index contributed by atoms with van der Waals surface area (Å²) in [5.41, 5.74) is -10.4. The summed E-state index contributed by atoms with van der Waals surface area (Å²) in [5, 5.41) is 40.0. The maximum absolute atomic E-state index is 13.6. The van der Waals surface area contributed by atoms with Crippen LogP contribution in [-0.2, 0) is 24.7 Å². The Morgan fingerprint density at radius 1 is 0.339 bits per heavy atom. The van der Waals surface area contributed by atoms with Crippen molar-refractivity contribution in [3.8, 4) is 46.5 Å². The van der Waals surface area contributed by atoms with E-state index < -0.39 is 91.9 Å². The molecule has 0 heterocycles. The minimum absolute atomic E-state index is 0.0255. The zero-order valence-corrected chi connectivity index (χ0v) is 30.2. The third kappa shape index (κ3) is 7.11. The first-order chi connectivity index (χ1) is 28.9. The van der Waals surface area contributed by atoms with Crippen LogP contribution in [0.1, 0.15) is 76.4 Å². The van der Waals surface area contributed by atoms with E-state index in [0.29, 0.717) is 0 Å². The monoisotopic (exact) mass is 858 g/mol. The molecular formula is C44H14F12N4O2. The molecule has 0 unspecified atom stereocenters. The highest BCUT2D eigenvalue weighted by atomic mass is 19.4. The van der Waals surface area contributed by atoms with Gasteiger partial charge in [0, 0.05) is 33.4 Å². The molecule has 6 nitrogen and oxygen atoms in total. The summed E-state index contributed by atoms with van der Waals surface area (Å²) < 4.78 is 163. The summed E-state index contributed by atoms with van der Waals surface area (Å²) >= 11 is 0. The van der Waals surface area contributed by atoms with Gasteiger partial charge in [0.05, 0.1) is 22.3 Å². The number of halogens is 12. The van der Waals surface area contributed by atoms with E-state index >= 15 is 0 Å². The molecule has 0 fully saturated rings. The predicted octanol–water partition coefficient (Wildman–Crippen LogP) is 11.9. The second kappa shape index (κ2) is 14.4. The number of carbonyl (C=O) groups is 2. The number of nitrogens with zero attached hydrogens (tertiary/aromatic N) is 4. The highest BCUT2D eigenvalue weighted by molar-refractivity contribution is 6.15. The first kappa shape index (κ1) is 42.2. The van der Waals surface area contributed by atoms with E-state index in [1.807, 2.05) is 0 Å². The molecule has 0 saturated carbocycles. The summed E-state index contributed by atoms with van der Waals surface area (Å²) in [5.74, 6) is -2.57. The molecule has 0 aliphatic heterocycles. The Morgan fingerprint density at radius 2 is 0.613 bits per heavy atom. The fraction of sp³-hybridized carbons (Fsp3) is 0.0909. The van der Waals surface area contributed by atoms with Crippen molar-refractivity contribution in [2.75, 3.05) is 0 Å². The Balaban J connectivity index is 1.40. The number of nitriles is 4. The summed E-state index contributed by atoms with van der Waals surface area (Å²) in [7, 11) is 0. The lowest BCUT2D eigenvalue weighted by molar-refractivity contribution is -0.144. The summed E-state index contributed by atoms with van der Waals surface area (Å²) in [6.07, 6.45) is -21.1. The molecule has 0 N–H and O–H groups in total. The van der Waals surface area contributed by atoms with Crippen molar-refractivity contribution in [3.05, 3.63) is 163 Å². The maximum Gasteiger partial charge on any atom is 0.416 e. The van der Waals surface area contributed by atoms with Gasteiger partial charge >= 0.3 is 24.7 Å². The molecule has 7 rings (SSSR count). The van der Waals surface area contributed by atoms with E-state index in [2.05, 4.69) is 0 Å². The van der Waals surface area contributed by atoms with Crippen molar-refractivity contribution in [1.82, 2.24) is 0 Å². The Hall–Kier alpha value is -7.96. The molecule has 2 aliphatic rings. The molecule has 0 bridgehead atoms. The second-order valence-electron chi connectivity index (χ2n) is 13.7. The van der Waals surface area contributed by atoms with Crippen LogP contribution < -0.4 is 0 Å². The fourth-order valence-corrected chi connectivity index (χ4v) is 7.32. The Kier molecular flexibility index (Phi) is 9.76. The van der Waals surface area contributed by atoms with Crippen LogP contribution >= 0.6 is 0 Å². The van der Waals surface area contributed by atoms with Gasteiger partial charge in [0.15, 0.2) is 11.6 Å². The van der Waals surface area contributed by atoms with Gasteiger partial charge in [-0.05, 0) is 105 Å². The number of alkyl halides is 12. The number of rotatable bonds is 4. The van der Waals surface area contributed by atoms with Gasteiger partial charge < -0.3 is 0 Å². The van der Waals surface area contributed by atoms with Gasteiger partial charge in [0.1, 0.15) is 35.4 Å². The van der Waals surface area contributed by atoms with Gasteiger partial charge in [0.25, 0.3) is 0 Å². The number of benzene rings is 5. The average molecular weight is 859 g/mol. The standard InChI is InChI=1S/C44H14F12N4O2/c45-41(46,47)25-5-21(6-26(11-25)42(48,49)50)39(61)19-1-3-29-31-13-32-30-4-2-20(40(62)22-7-27(43(51,52)53)12-28(8-22)44(54,55)56)10-34(30)38(24(17-59)18-60)36(32)14-35(31)37(33(29)9-19)23(15-57)16-58/h1-14H. The topological polar surface area (TPSA) is 129 Å². The van der Waals surface area contributed by atoms with Crippen LogP contribution in [0.3, 0.4) is 0 Å². The highest BCUT2D eigenvalue weighted by Gasteiger charge is 2.40. The number of hydrogen-bond acceptors (Lipinski definition) is 6. The SMILES string of the molecule is N#CC(C#N)=C1c2cc(C(=O)c3cc(C(F)(F)F)cc(C(F)(F)F)c3)ccc2-c2cc3c(cc21)C(=C(C#N)C#N)c1cc(C(=O)c2cc(C(F)(F)F)cc(C(F)(F)F)c2)ccc1-3. The third-order valence-electron chi connectivity index (χ3n) is 10.0. The van der Waals surface area contributed by atoms with Crippen molar-refractivity contribution < 1.29 is 62.3 Å². The van der Waals surface area contributed by atoms with Gasteiger partial charge in [-0.2, -0.15) is 73.7 Å². The minimum atomic E-state index is -5.27. The van der Waals surface area contributed by atoms with Crippen molar-refractivity contribution >= 4 is 22.7 Å². The lowest BCUT2D eigenvalue weighted by atomic mass is 9.92. The van der Waals surface area contributed by atoms with Crippen molar-refractivity contribution in [3.63, 3.8) is 0 Å². The maximum atomic E-state index is 13.6. The number of allylic oxidation sites excluding steroid dienone is 2. The van der Waals surface area contributed by atoms with Crippen LogP contribution in [0, 0.1) is 45.3 Å². The lowest BCUT2D eigenvalue weighted by Crippen LogP contribution is -2.14. The smallest absolute Gasteiger partial charge is 0.289 e. The molecule has 0 spiro atoms. The average Bonchev–Trinajstić information content (AvgIpc) is 3.69. The zero-order chi connectivity index (χ0) is 45.4. The molecule has 5 aromatic rings. The van der Waals surface area contributed by atoms with Gasteiger partial charge in [-0.25, -0.2) is 0 Å². The van der Waals surface area contributed by atoms with Crippen LogP contribution in [0.2, 0.25) is 0 Å². The van der Waals surface area contributed by atoms with E-state index in [9.17, 15) is 83.3 Å². The van der Waals surface area contributed by atoms with Crippen LogP contribution in [0.15, 0.2) is 96.1 Å². The van der Waals surface area contributed by atoms with Gasteiger partial charge in [0.2, 0.25) is 0 Å². The van der Waals surface area contributed by atoms with Gasteiger partial charge in [-0.15, -0.1) is 0 Å². The first-order valence-electron chi connectivity index (χ1n) is 17.2. The van der Waals surface area contributed by atoms with Crippen molar-refractivity contribution in [2.45, 2.75) is 24.7 Å². The molecule has 0 amide bonds. The van der Waals surface area contributed by atoms with Crippen LogP contribution in [-0.4, -0.2) is 11.6 Å². The molecular weight excluding hydrogens is 844 g/mol. The Bertz CT molecular complexity index is 2800. The van der Waals surface area contributed by atoms with Crippen LogP contribution in [0.5, 0.6) is 0 Å². The van der Waals surface area contributed by atoms with Crippen molar-refractivity contribution in [2.24, 2.45) is 0 Å². The summed E-state index contributed by atoms with van der Waals surface area (Å²) in [6, 6.07) is 17.1. The van der Waals surface area contributed by atoms with E-state index in [4.69, 9.17) is 0 Å². The second-order valence-corrected chi connectivity index (χ2v) is 13.7.